The molecule has 4 rings (SSSR count). The topological polar surface area (TPSA) is 37.3 Å². The van der Waals surface area contributed by atoms with Crippen LogP contribution in [0.4, 0.5) is 0 Å². The molecule has 1 aromatic heterocycles. The highest BCUT2D eigenvalue weighted by atomic mass is 16.1. The molecule has 0 radical (unpaired) electrons. The van der Waals surface area contributed by atoms with Gasteiger partial charge in [-0.25, -0.2) is 0 Å². The highest BCUT2D eigenvalue weighted by Gasteiger charge is 2.33. The maximum absolute atomic E-state index is 12.7. The van der Waals surface area contributed by atoms with Crippen molar-refractivity contribution in [2.24, 2.45) is 7.05 Å². The molecule has 1 aliphatic rings. The summed E-state index contributed by atoms with van der Waals surface area (Å²) in [5, 5.41) is 4.78. The van der Waals surface area contributed by atoms with Gasteiger partial charge in [0.05, 0.1) is 5.52 Å². The van der Waals surface area contributed by atoms with Crippen molar-refractivity contribution < 1.29 is 0 Å². The molecule has 1 atom stereocenters. The first-order valence-electron chi connectivity index (χ1n) is 9.63. The Hall–Kier alpha value is -2.43. The zero-order valence-corrected chi connectivity index (χ0v) is 16.1. The second-order valence-corrected chi connectivity index (χ2v) is 7.95. The smallest absolute Gasteiger partial charge is 0.255 e. The van der Waals surface area contributed by atoms with Gasteiger partial charge in [0.25, 0.3) is 5.56 Å². The number of pyridine rings is 1. The number of fused-ring (bicyclic) bond motifs is 1. The van der Waals surface area contributed by atoms with E-state index < -0.39 is 0 Å². The SMILES string of the molecule is Cn1c(=O)c(CNC2(C)CCN(Cc3ccccc3)C2)cc2ccccc21. The van der Waals surface area contributed by atoms with Crippen molar-refractivity contribution in [1.82, 2.24) is 14.8 Å². The minimum atomic E-state index is 0.0332. The predicted molar refractivity (Wildman–Crippen MR) is 111 cm³/mol. The number of hydrogen-bond acceptors (Lipinski definition) is 3. The molecule has 1 N–H and O–H groups in total. The minimum Gasteiger partial charge on any atom is -0.311 e. The van der Waals surface area contributed by atoms with Gasteiger partial charge in [0.2, 0.25) is 0 Å². The average Bonchev–Trinajstić information content (AvgIpc) is 3.05. The number of hydrogen-bond donors (Lipinski definition) is 1. The van der Waals surface area contributed by atoms with Crippen LogP contribution in [0.2, 0.25) is 0 Å². The van der Waals surface area contributed by atoms with Crippen molar-refractivity contribution in [2.45, 2.75) is 32.0 Å². The second-order valence-electron chi connectivity index (χ2n) is 7.95. The van der Waals surface area contributed by atoms with E-state index in [4.69, 9.17) is 0 Å². The Balaban J connectivity index is 1.45. The Bertz CT molecular complexity index is 995. The molecular weight excluding hydrogens is 334 g/mol. The fourth-order valence-corrected chi connectivity index (χ4v) is 4.10. The van der Waals surface area contributed by atoms with Crippen LogP contribution in [0.3, 0.4) is 0 Å². The van der Waals surface area contributed by atoms with E-state index in [9.17, 15) is 4.79 Å². The van der Waals surface area contributed by atoms with Crippen molar-refractivity contribution in [3.05, 3.63) is 82.1 Å². The highest BCUT2D eigenvalue weighted by Crippen LogP contribution is 2.23. The lowest BCUT2D eigenvalue weighted by atomic mass is 10.0. The summed E-state index contributed by atoms with van der Waals surface area (Å²) < 4.78 is 1.75. The number of rotatable bonds is 5. The Morgan fingerprint density at radius 1 is 1.07 bits per heavy atom. The van der Waals surface area contributed by atoms with E-state index >= 15 is 0 Å². The van der Waals surface area contributed by atoms with Crippen molar-refractivity contribution in [3.8, 4) is 0 Å². The normalized spacial score (nSPS) is 20.4. The highest BCUT2D eigenvalue weighted by molar-refractivity contribution is 5.79. The van der Waals surface area contributed by atoms with Crippen LogP contribution < -0.4 is 10.9 Å². The van der Waals surface area contributed by atoms with Gasteiger partial charge in [-0.3, -0.25) is 9.69 Å². The molecule has 27 heavy (non-hydrogen) atoms. The van der Waals surface area contributed by atoms with Crippen LogP contribution in [-0.4, -0.2) is 28.1 Å². The van der Waals surface area contributed by atoms with Crippen LogP contribution in [-0.2, 0) is 20.1 Å². The van der Waals surface area contributed by atoms with E-state index in [0.29, 0.717) is 6.54 Å². The first-order chi connectivity index (χ1) is 13.0. The Morgan fingerprint density at radius 2 is 1.81 bits per heavy atom. The lowest BCUT2D eigenvalue weighted by molar-refractivity contribution is 0.285. The molecule has 0 aliphatic carbocycles. The van der Waals surface area contributed by atoms with Gasteiger partial charge in [-0.1, -0.05) is 48.5 Å². The summed E-state index contributed by atoms with van der Waals surface area (Å²) in [6.45, 7) is 5.93. The zero-order valence-electron chi connectivity index (χ0n) is 16.1. The van der Waals surface area contributed by atoms with Crippen LogP contribution in [0.5, 0.6) is 0 Å². The number of aryl methyl sites for hydroxylation is 1. The number of benzene rings is 2. The van der Waals surface area contributed by atoms with E-state index in [1.807, 2.05) is 31.3 Å². The first-order valence-corrected chi connectivity index (χ1v) is 9.63. The Morgan fingerprint density at radius 3 is 2.63 bits per heavy atom. The van der Waals surface area contributed by atoms with Gasteiger partial charge in [-0.2, -0.15) is 0 Å². The summed E-state index contributed by atoms with van der Waals surface area (Å²) in [6.07, 6.45) is 1.09. The minimum absolute atomic E-state index is 0.0332. The van der Waals surface area contributed by atoms with Gasteiger partial charge in [-0.05, 0) is 36.4 Å². The number of likely N-dealkylation sites (tertiary alicyclic amines) is 1. The molecule has 0 saturated carbocycles. The summed E-state index contributed by atoms with van der Waals surface area (Å²) in [4.78, 5) is 15.2. The fraction of sp³-hybridized carbons (Fsp3) is 0.348. The number of aromatic nitrogens is 1. The third-order valence-corrected chi connectivity index (χ3v) is 5.71. The molecule has 4 heteroatoms. The molecule has 4 nitrogen and oxygen atoms in total. The van der Waals surface area contributed by atoms with Crippen LogP contribution in [0.1, 0.15) is 24.5 Å². The number of para-hydroxylation sites is 1. The second kappa shape index (κ2) is 7.29. The Labute approximate surface area is 160 Å². The monoisotopic (exact) mass is 361 g/mol. The fourth-order valence-electron chi connectivity index (χ4n) is 4.10. The molecule has 1 fully saturated rings. The zero-order chi connectivity index (χ0) is 18.9. The molecule has 3 aromatic rings. The Kier molecular flexibility index (Phi) is 4.85. The van der Waals surface area contributed by atoms with E-state index in [2.05, 4.69) is 53.5 Å². The van der Waals surface area contributed by atoms with Gasteiger partial charge in [0.1, 0.15) is 0 Å². The lowest BCUT2D eigenvalue weighted by Gasteiger charge is -2.26. The molecule has 0 bridgehead atoms. The van der Waals surface area contributed by atoms with Gasteiger partial charge >= 0.3 is 0 Å². The molecule has 0 spiro atoms. The van der Waals surface area contributed by atoms with Crippen molar-refractivity contribution in [1.29, 1.82) is 0 Å². The maximum atomic E-state index is 12.7. The molecular formula is C23H27N3O. The summed E-state index contributed by atoms with van der Waals surface area (Å²) in [5.41, 5.74) is 3.28. The predicted octanol–water partition coefficient (Wildman–Crippen LogP) is 3.29. The van der Waals surface area contributed by atoms with E-state index in [1.165, 1.54) is 5.56 Å². The molecule has 2 heterocycles. The third-order valence-electron chi connectivity index (χ3n) is 5.71. The van der Waals surface area contributed by atoms with Crippen molar-refractivity contribution in [3.63, 3.8) is 0 Å². The van der Waals surface area contributed by atoms with Gasteiger partial charge in [0.15, 0.2) is 0 Å². The van der Waals surface area contributed by atoms with Crippen molar-refractivity contribution in [2.75, 3.05) is 13.1 Å². The molecule has 140 valence electrons. The summed E-state index contributed by atoms with van der Waals surface area (Å²) in [6, 6.07) is 20.7. The summed E-state index contributed by atoms with van der Waals surface area (Å²) in [5.74, 6) is 0. The van der Waals surface area contributed by atoms with Gasteiger partial charge in [0, 0.05) is 44.3 Å². The largest absolute Gasteiger partial charge is 0.311 e. The summed E-state index contributed by atoms with van der Waals surface area (Å²) >= 11 is 0. The molecule has 1 aliphatic heterocycles. The first kappa shape index (κ1) is 18.0. The molecule has 1 saturated heterocycles. The average molecular weight is 361 g/mol. The van der Waals surface area contributed by atoms with Gasteiger partial charge < -0.3 is 9.88 Å². The standard InChI is InChI=1S/C23H27N3O/c1-23(12-13-26(17-23)16-18-8-4-3-5-9-18)24-15-20-14-19-10-6-7-11-21(19)25(2)22(20)27/h3-11,14,24H,12-13,15-17H2,1-2H3. The molecule has 1 unspecified atom stereocenters. The van der Waals surface area contributed by atoms with Crippen molar-refractivity contribution >= 4 is 10.9 Å². The van der Waals surface area contributed by atoms with Crippen LogP contribution in [0.15, 0.2) is 65.5 Å². The quantitative estimate of drug-likeness (QED) is 0.758. The van der Waals surface area contributed by atoms with E-state index in [1.54, 1.807) is 4.57 Å². The van der Waals surface area contributed by atoms with Gasteiger partial charge in [-0.15, -0.1) is 0 Å². The molecule has 2 aromatic carbocycles. The molecule has 0 amide bonds. The van der Waals surface area contributed by atoms with Crippen LogP contribution in [0.25, 0.3) is 10.9 Å². The lowest BCUT2D eigenvalue weighted by Crippen LogP contribution is -2.45. The number of nitrogens with zero attached hydrogens (tertiary/aromatic N) is 2. The van der Waals surface area contributed by atoms with E-state index in [0.717, 1.165) is 42.5 Å². The van der Waals surface area contributed by atoms with E-state index in [-0.39, 0.29) is 11.1 Å². The number of nitrogens with one attached hydrogen (secondary N) is 1. The van der Waals surface area contributed by atoms with Crippen LogP contribution in [0, 0.1) is 0 Å². The van der Waals surface area contributed by atoms with Crippen LogP contribution >= 0.6 is 0 Å². The summed E-state index contributed by atoms with van der Waals surface area (Å²) in [7, 11) is 1.85. The maximum Gasteiger partial charge on any atom is 0.255 e. The third kappa shape index (κ3) is 3.82.